The van der Waals surface area contributed by atoms with E-state index in [1.54, 1.807) is 0 Å². The van der Waals surface area contributed by atoms with Crippen LogP contribution in [0.4, 0.5) is 0 Å². The third-order valence-corrected chi connectivity index (χ3v) is 3.31. The summed E-state index contributed by atoms with van der Waals surface area (Å²) in [6.45, 7) is 4.44. The van der Waals surface area contributed by atoms with Gasteiger partial charge in [0.15, 0.2) is 0 Å². The lowest BCUT2D eigenvalue weighted by Crippen LogP contribution is -2.09. The molecule has 0 N–H and O–H groups in total. The standard InChI is InChI=1S/C13H17ClO/c1-3-12-13(15-12)9(2)8-10-4-6-11(14)7-5-10/h4-7,9,12-13H,3,8H2,1-2H3. The second-order valence-corrected chi connectivity index (χ2v) is 4.79. The summed E-state index contributed by atoms with van der Waals surface area (Å²) in [7, 11) is 0. The van der Waals surface area contributed by atoms with Gasteiger partial charge in [0.2, 0.25) is 0 Å². The van der Waals surface area contributed by atoms with Crippen molar-refractivity contribution in [2.24, 2.45) is 5.92 Å². The summed E-state index contributed by atoms with van der Waals surface area (Å²) in [5.74, 6) is 0.608. The van der Waals surface area contributed by atoms with E-state index in [1.807, 2.05) is 12.1 Å². The quantitative estimate of drug-likeness (QED) is 0.711. The molecule has 1 fully saturated rings. The number of benzene rings is 1. The van der Waals surface area contributed by atoms with E-state index < -0.39 is 0 Å². The molecule has 15 heavy (non-hydrogen) atoms. The Hall–Kier alpha value is -0.530. The van der Waals surface area contributed by atoms with Gasteiger partial charge in [0, 0.05) is 5.02 Å². The Kier molecular flexibility index (Phi) is 3.32. The van der Waals surface area contributed by atoms with Gasteiger partial charge in [-0.2, -0.15) is 0 Å². The van der Waals surface area contributed by atoms with Crippen LogP contribution in [0, 0.1) is 5.92 Å². The highest BCUT2D eigenvalue weighted by Crippen LogP contribution is 2.33. The van der Waals surface area contributed by atoms with Crippen LogP contribution < -0.4 is 0 Å². The summed E-state index contributed by atoms with van der Waals surface area (Å²) in [6.07, 6.45) is 3.20. The van der Waals surface area contributed by atoms with Gasteiger partial charge >= 0.3 is 0 Å². The van der Waals surface area contributed by atoms with Crippen LogP contribution in [-0.4, -0.2) is 12.2 Å². The van der Waals surface area contributed by atoms with Gasteiger partial charge in [-0.3, -0.25) is 0 Å². The highest BCUT2D eigenvalue weighted by Gasteiger charge is 2.40. The maximum atomic E-state index is 5.84. The van der Waals surface area contributed by atoms with E-state index in [9.17, 15) is 0 Å². The molecule has 0 spiro atoms. The summed E-state index contributed by atoms with van der Waals surface area (Å²) in [4.78, 5) is 0. The number of rotatable bonds is 4. The number of hydrogen-bond donors (Lipinski definition) is 0. The van der Waals surface area contributed by atoms with Gasteiger partial charge in [0.1, 0.15) is 0 Å². The van der Waals surface area contributed by atoms with Crippen molar-refractivity contribution in [2.45, 2.75) is 38.9 Å². The molecule has 1 saturated heterocycles. The fourth-order valence-electron chi connectivity index (χ4n) is 2.09. The van der Waals surface area contributed by atoms with E-state index in [-0.39, 0.29) is 0 Å². The van der Waals surface area contributed by atoms with Crippen LogP contribution in [0.5, 0.6) is 0 Å². The maximum Gasteiger partial charge on any atom is 0.0870 e. The van der Waals surface area contributed by atoms with Crippen molar-refractivity contribution in [3.05, 3.63) is 34.9 Å². The summed E-state index contributed by atoms with van der Waals surface area (Å²) >= 11 is 5.84. The first kappa shape index (κ1) is 11.0. The van der Waals surface area contributed by atoms with Crippen LogP contribution >= 0.6 is 11.6 Å². The minimum absolute atomic E-state index is 0.477. The third kappa shape index (κ3) is 2.73. The van der Waals surface area contributed by atoms with E-state index in [2.05, 4.69) is 26.0 Å². The average molecular weight is 225 g/mol. The molecule has 0 radical (unpaired) electrons. The Labute approximate surface area is 96.4 Å². The van der Waals surface area contributed by atoms with Crippen molar-refractivity contribution >= 4 is 11.6 Å². The minimum atomic E-state index is 0.477. The molecule has 1 nitrogen and oxygen atoms in total. The van der Waals surface area contributed by atoms with Crippen LogP contribution in [0.25, 0.3) is 0 Å². The van der Waals surface area contributed by atoms with E-state index in [0.29, 0.717) is 18.1 Å². The molecule has 3 unspecified atom stereocenters. The van der Waals surface area contributed by atoms with Gasteiger partial charge in [-0.25, -0.2) is 0 Å². The monoisotopic (exact) mass is 224 g/mol. The van der Waals surface area contributed by atoms with Crippen LogP contribution in [-0.2, 0) is 11.2 Å². The zero-order valence-electron chi connectivity index (χ0n) is 9.24. The topological polar surface area (TPSA) is 12.5 Å². The molecule has 0 aromatic heterocycles. The first-order valence-electron chi connectivity index (χ1n) is 5.60. The van der Waals surface area contributed by atoms with Crippen LogP contribution in [0.1, 0.15) is 25.8 Å². The molecule has 0 saturated carbocycles. The Morgan fingerprint density at radius 3 is 2.53 bits per heavy atom. The fraction of sp³-hybridized carbons (Fsp3) is 0.538. The third-order valence-electron chi connectivity index (χ3n) is 3.06. The summed E-state index contributed by atoms with van der Waals surface area (Å²) in [5, 5.41) is 0.806. The highest BCUT2D eigenvalue weighted by molar-refractivity contribution is 6.30. The Bertz CT molecular complexity index is 320. The first-order valence-corrected chi connectivity index (χ1v) is 5.98. The van der Waals surface area contributed by atoms with Crippen molar-refractivity contribution in [3.8, 4) is 0 Å². The van der Waals surface area contributed by atoms with Gasteiger partial charge in [0.25, 0.3) is 0 Å². The molecular weight excluding hydrogens is 208 g/mol. The zero-order chi connectivity index (χ0) is 10.8. The van der Waals surface area contributed by atoms with Crippen molar-refractivity contribution in [2.75, 3.05) is 0 Å². The maximum absolute atomic E-state index is 5.84. The second-order valence-electron chi connectivity index (χ2n) is 4.36. The lowest BCUT2D eigenvalue weighted by atomic mass is 9.96. The van der Waals surface area contributed by atoms with Gasteiger partial charge in [-0.05, 0) is 36.5 Å². The normalized spacial score (nSPS) is 26.3. The molecular formula is C13H17ClO. The number of halogens is 1. The molecule has 2 rings (SSSR count). The molecule has 3 atom stereocenters. The lowest BCUT2D eigenvalue weighted by Gasteiger charge is -2.08. The molecule has 0 amide bonds. The Morgan fingerprint density at radius 1 is 1.33 bits per heavy atom. The SMILES string of the molecule is CCC1OC1C(C)Cc1ccc(Cl)cc1. The molecule has 1 aromatic carbocycles. The molecule has 0 aliphatic carbocycles. The number of hydrogen-bond acceptors (Lipinski definition) is 1. The first-order chi connectivity index (χ1) is 7.20. The van der Waals surface area contributed by atoms with Crippen molar-refractivity contribution in [3.63, 3.8) is 0 Å². The van der Waals surface area contributed by atoms with Gasteiger partial charge < -0.3 is 4.74 Å². The summed E-state index contributed by atoms with van der Waals surface area (Å²) in [5.41, 5.74) is 1.34. The predicted octanol–water partition coefficient (Wildman–Crippen LogP) is 3.70. The van der Waals surface area contributed by atoms with Crippen molar-refractivity contribution in [1.29, 1.82) is 0 Å². The smallest absolute Gasteiger partial charge is 0.0870 e. The fourth-order valence-corrected chi connectivity index (χ4v) is 2.22. The van der Waals surface area contributed by atoms with Crippen LogP contribution in [0.15, 0.2) is 24.3 Å². The van der Waals surface area contributed by atoms with Crippen LogP contribution in [0.3, 0.4) is 0 Å². The minimum Gasteiger partial charge on any atom is -0.369 e. The van der Waals surface area contributed by atoms with Crippen LogP contribution in [0.2, 0.25) is 5.02 Å². The molecule has 2 heteroatoms. The number of epoxide rings is 1. The largest absolute Gasteiger partial charge is 0.369 e. The zero-order valence-corrected chi connectivity index (χ0v) is 10.00. The Balaban J connectivity index is 1.89. The van der Waals surface area contributed by atoms with E-state index >= 15 is 0 Å². The van der Waals surface area contributed by atoms with Crippen molar-refractivity contribution in [1.82, 2.24) is 0 Å². The van der Waals surface area contributed by atoms with E-state index in [0.717, 1.165) is 17.9 Å². The molecule has 1 heterocycles. The lowest BCUT2D eigenvalue weighted by molar-refractivity contribution is 0.322. The Morgan fingerprint density at radius 2 is 2.00 bits per heavy atom. The summed E-state index contributed by atoms with van der Waals surface area (Å²) in [6, 6.07) is 8.10. The van der Waals surface area contributed by atoms with Gasteiger partial charge in [-0.1, -0.05) is 37.6 Å². The highest BCUT2D eigenvalue weighted by atomic mass is 35.5. The number of ether oxygens (including phenoxy) is 1. The molecule has 0 bridgehead atoms. The average Bonchev–Trinajstić information content (AvgIpc) is 3.00. The molecule has 1 aliphatic rings. The molecule has 1 aliphatic heterocycles. The second kappa shape index (κ2) is 4.54. The van der Waals surface area contributed by atoms with Gasteiger partial charge in [-0.15, -0.1) is 0 Å². The van der Waals surface area contributed by atoms with Gasteiger partial charge in [0.05, 0.1) is 12.2 Å². The summed E-state index contributed by atoms with van der Waals surface area (Å²) < 4.78 is 5.60. The van der Waals surface area contributed by atoms with Crippen molar-refractivity contribution < 1.29 is 4.74 Å². The van der Waals surface area contributed by atoms with E-state index in [4.69, 9.17) is 16.3 Å². The molecule has 1 aromatic rings. The molecule has 82 valence electrons. The van der Waals surface area contributed by atoms with E-state index in [1.165, 1.54) is 5.56 Å². The predicted molar refractivity (Wildman–Crippen MR) is 63.3 cm³/mol.